The fourth-order valence-corrected chi connectivity index (χ4v) is 5.50. The largest absolute Gasteiger partial charge is 0.490 e. The molecule has 0 radical (unpaired) electrons. The standard InChI is InChI=1S/C17H24N2O4S.C2HF3O2/c1-13-5-4-6-15(11-13)24(22,23)19-10-7-14(12-16(19)17(20)21)18-8-2-3-9-18;3-2(4,5)1(6)7/h4-6,11,14,16H,2-3,7-10,12H2,1H3,(H,20,21);(H,6,7). The lowest BCUT2D eigenvalue weighted by atomic mass is 9.98. The molecule has 0 amide bonds. The molecule has 8 nitrogen and oxygen atoms in total. The number of carboxylic acids is 2. The number of hydrogen-bond donors (Lipinski definition) is 2. The Labute approximate surface area is 178 Å². The van der Waals surface area contributed by atoms with Gasteiger partial charge in [0.05, 0.1) is 4.90 Å². The van der Waals surface area contributed by atoms with Crippen LogP contribution in [0.2, 0.25) is 0 Å². The predicted octanol–water partition coefficient (Wildman–Crippen LogP) is 2.33. The quantitative estimate of drug-likeness (QED) is 0.700. The van der Waals surface area contributed by atoms with E-state index in [9.17, 15) is 31.5 Å². The van der Waals surface area contributed by atoms with E-state index in [4.69, 9.17) is 9.90 Å². The smallest absolute Gasteiger partial charge is 0.480 e. The highest BCUT2D eigenvalue weighted by Gasteiger charge is 2.42. The van der Waals surface area contributed by atoms with E-state index in [1.807, 2.05) is 13.0 Å². The Kier molecular flexibility index (Phi) is 8.06. The Hall–Kier alpha value is -2.18. The summed E-state index contributed by atoms with van der Waals surface area (Å²) < 4.78 is 58.8. The van der Waals surface area contributed by atoms with Crippen LogP contribution in [-0.2, 0) is 19.6 Å². The van der Waals surface area contributed by atoms with E-state index in [-0.39, 0.29) is 17.5 Å². The van der Waals surface area contributed by atoms with Crippen LogP contribution in [0.15, 0.2) is 29.2 Å². The van der Waals surface area contributed by atoms with Crippen LogP contribution in [0.25, 0.3) is 0 Å². The number of halogens is 3. The molecule has 2 unspecified atom stereocenters. The first-order valence-electron chi connectivity index (χ1n) is 9.69. The maximum atomic E-state index is 12.9. The van der Waals surface area contributed by atoms with Crippen LogP contribution >= 0.6 is 0 Å². The molecule has 0 aromatic heterocycles. The lowest BCUT2D eigenvalue weighted by molar-refractivity contribution is -0.192. The molecule has 2 fully saturated rings. The van der Waals surface area contributed by atoms with Crippen molar-refractivity contribution in [3.63, 3.8) is 0 Å². The van der Waals surface area contributed by atoms with Gasteiger partial charge in [0.2, 0.25) is 10.0 Å². The maximum Gasteiger partial charge on any atom is 0.490 e. The van der Waals surface area contributed by atoms with Crippen molar-refractivity contribution < 1.29 is 41.4 Å². The van der Waals surface area contributed by atoms with Gasteiger partial charge in [0.1, 0.15) is 6.04 Å². The van der Waals surface area contributed by atoms with Crippen LogP contribution in [0.1, 0.15) is 31.2 Å². The average Bonchev–Trinajstić information content (AvgIpc) is 3.22. The van der Waals surface area contributed by atoms with Crippen molar-refractivity contribution in [1.82, 2.24) is 9.21 Å². The highest BCUT2D eigenvalue weighted by atomic mass is 32.2. The van der Waals surface area contributed by atoms with Gasteiger partial charge in [-0.15, -0.1) is 0 Å². The maximum absolute atomic E-state index is 12.9. The topological polar surface area (TPSA) is 115 Å². The van der Waals surface area contributed by atoms with Crippen molar-refractivity contribution in [2.75, 3.05) is 19.6 Å². The van der Waals surface area contributed by atoms with E-state index in [1.54, 1.807) is 12.1 Å². The van der Waals surface area contributed by atoms with Gasteiger partial charge in [-0.3, -0.25) is 4.79 Å². The summed E-state index contributed by atoms with van der Waals surface area (Å²) in [4.78, 5) is 23.1. The van der Waals surface area contributed by atoms with E-state index in [0.29, 0.717) is 12.8 Å². The van der Waals surface area contributed by atoms with Gasteiger partial charge in [-0.25, -0.2) is 13.2 Å². The van der Waals surface area contributed by atoms with Crippen LogP contribution in [0.4, 0.5) is 13.2 Å². The average molecular weight is 466 g/mol. The third-order valence-corrected chi connectivity index (χ3v) is 7.21. The SMILES string of the molecule is Cc1cccc(S(=O)(=O)N2CCC(N3CCCC3)CC2C(=O)O)c1.O=C(O)C(F)(F)F. The number of sulfonamides is 1. The Morgan fingerprint density at radius 2 is 1.68 bits per heavy atom. The molecule has 0 aliphatic carbocycles. The molecule has 1 aromatic carbocycles. The number of piperidine rings is 1. The normalized spacial score (nSPS) is 23.1. The van der Waals surface area contributed by atoms with E-state index in [2.05, 4.69) is 4.90 Å². The highest BCUT2D eigenvalue weighted by molar-refractivity contribution is 7.89. The number of nitrogens with zero attached hydrogens (tertiary/aromatic N) is 2. The summed E-state index contributed by atoms with van der Waals surface area (Å²) in [7, 11) is -3.79. The van der Waals surface area contributed by atoms with Crippen molar-refractivity contribution in [3.05, 3.63) is 29.8 Å². The summed E-state index contributed by atoms with van der Waals surface area (Å²) in [5.41, 5.74) is 0.843. The molecule has 2 N–H and O–H groups in total. The number of rotatable bonds is 4. The van der Waals surface area contributed by atoms with Crippen molar-refractivity contribution in [2.45, 2.75) is 55.8 Å². The van der Waals surface area contributed by atoms with E-state index < -0.39 is 34.2 Å². The van der Waals surface area contributed by atoms with Gasteiger partial charge in [0, 0.05) is 12.6 Å². The van der Waals surface area contributed by atoms with Crippen molar-refractivity contribution in [1.29, 1.82) is 0 Å². The Morgan fingerprint density at radius 1 is 1.10 bits per heavy atom. The highest BCUT2D eigenvalue weighted by Crippen LogP contribution is 2.30. The van der Waals surface area contributed by atoms with Crippen LogP contribution in [-0.4, -0.2) is 77.7 Å². The van der Waals surface area contributed by atoms with Crippen LogP contribution in [0.5, 0.6) is 0 Å². The summed E-state index contributed by atoms with van der Waals surface area (Å²) in [5.74, 6) is -3.82. The number of aryl methyl sites for hydroxylation is 1. The summed E-state index contributed by atoms with van der Waals surface area (Å²) >= 11 is 0. The second-order valence-electron chi connectivity index (χ2n) is 7.51. The van der Waals surface area contributed by atoms with Crippen LogP contribution in [0, 0.1) is 6.92 Å². The second-order valence-corrected chi connectivity index (χ2v) is 9.40. The van der Waals surface area contributed by atoms with Gasteiger partial charge in [-0.2, -0.15) is 17.5 Å². The first-order valence-corrected chi connectivity index (χ1v) is 11.1. The third-order valence-electron chi connectivity index (χ3n) is 5.31. The monoisotopic (exact) mass is 466 g/mol. The number of likely N-dealkylation sites (tertiary alicyclic amines) is 1. The fourth-order valence-electron chi connectivity index (χ4n) is 3.79. The lowest BCUT2D eigenvalue weighted by Gasteiger charge is -2.39. The van der Waals surface area contributed by atoms with Crippen molar-refractivity contribution in [3.8, 4) is 0 Å². The Bertz CT molecular complexity index is 900. The first-order chi connectivity index (χ1) is 14.3. The number of hydrogen-bond acceptors (Lipinski definition) is 5. The van der Waals surface area contributed by atoms with E-state index in [1.165, 1.54) is 10.4 Å². The molecule has 31 heavy (non-hydrogen) atoms. The van der Waals surface area contributed by atoms with E-state index >= 15 is 0 Å². The Balaban J connectivity index is 0.000000423. The number of aliphatic carboxylic acids is 2. The van der Waals surface area contributed by atoms with Gasteiger partial charge in [-0.05, 0) is 63.4 Å². The van der Waals surface area contributed by atoms with Gasteiger partial charge in [-0.1, -0.05) is 12.1 Å². The molecular weight excluding hydrogens is 441 g/mol. The minimum atomic E-state index is -5.08. The molecule has 2 heterocycles. The summed E-state index contributed by atoms with van der Waals surface area (Å²) in [5, 5.41) is 16.7. The second kappa shape index (κ2) is 9.96. The van der Waals surface area contributed by atoms with Crippen molar-refractivity contribution >= 4 is 22.0 Å². The fraction of sp³-hybridized carbons (Fsp3) is 0.579. The molecule has 12 heteroatoms. The summed E-state index contributed by atoms with van der Waals surface area (Å²) in [6.07, 6.45) is -1.76. The van der Waals surface area contributed by atoms with Gasteiger partial charge in [0.15, 0.2) is 0 Å². The third kappa shape index (κ3) is 6.40. The zero-order valence-corrected chi connectivity index (χ0v) is 17.7. The summed E-state index contributed by atoms with van der Waals surface area (Å²) in [6, 6.07) is 5.82. The number of carbonyl (C=O) groups is 2. The molecule has 2 aliphatic heterocycles. The summed E-state index contributed by atoms with van der Waals surface area (Å²) in [6.45, 7) is 4.06. The minimum Gasteiger partial charge on any atom is -0.480 e. The number of benzene rings is 1. The molecule has 2 atom stereocenters. The zero-order valence-electron chi connectivity index (χ0n) is 16.9. The minimum absolute atomic E-state index is 0.164. The molecule has 3 rings (SSSR count). The van der Waals surface area contributed by atoms with Crippen molar-refractivity contribution in [2.24, 2.45) is 0 Å². The van der Waals surface area contributed by atoms with Crippen LogP contribution < -0.4 is 0 Å². The molecule has 174 valence electrons. The lowest BCUT2D eigenvalue weighted by Crippen LogP contribution is -2.54. The molecular formula is C19H25F3N2O6S. The van der Waals surface area contributed by atoms with Crippen LogP contribution in [0.3, 0.4) is 0 Å². The predicted molar refractivity (Wildman–Crippen MR) is 104 cm³/mol. The van der Waals surface area contributed by atoms with E-state index in [0.717, 1.165) is 31.5 Å². The zero-order chi connectivity index (χ0) is 23.4. The molecule has 1 aromatic rings. The first kappa shape index (κ1) is 25.1. The molecule has 2 aliphatic rings. The molecule has 2 saturated heterocycles. The molecule has 0 spiro atoms. The van der Waals surface area contributed by atoms with Gasteiger partial charge in [0.25, 0.3) is 0 Å². The van der Waals surface area contributed by atoms with Gasteiger partial charge >= 0.3 is 18.1 Å². The Morgan fingerprint density at radius 3 is 2.16 bits per heavy atom. The van der Waals surface area contributed by atoms with Gasteiger partial charge < -0.3 is 15.1 Å². The number of carboxylic acid groups (broad SMARTS) is 2. The molecule has 0 saturated carbocycles. The number of alkyl halides is 3. The molecule has 0 bridgehead atoms.